The van der Waals surface area contributed by atoms with E-state index in [0.717, 1.165) is 21.7 Å². The average molecular weight is 405 g/mol. The molecule has 146 valence electrons. The van der Waals surface area contributed by atoms with Crippen LogP contribution in [0.25, 0.3) is 10.2 Å². The molecule has 4 rings (SSSR count). The Hall–Kier alpha value is -3.45. The molecule has 0 aliphatic heterocycles. The first-order valence-electron chi connectivity index (χ1n) is 9.05. The van der Waals surface area contributed by atoms with E-state index in [4.69, 9.17) is 9.47 Å². The van der Waals surface area contributed by atoms with Crippen LogP contribution < -0.4 is 14.4 Å². The third-order valence-corrected chi connectivity index (χ3v) is 5.33. The first-order chi connectivity index (χ1) is 14.2. The molecule has 6 nitrogen and oxygen atoms in total. The van der Waals surface area contributed by atoms with Crippen molar-refractivity contribution in [2.75, 3.05) is 18.6 Å². The van der Waals surface area contributed by atoms with Gasteiger partial charge in [0.2, 0.25) is 0 Å². The van der Waals surface area contributed by atoms with E-state index in [2.05, 4.69) is 9.97 Å². The van der Waals surface area contributed by atoms with Crippen LogP contribution in [0.5, 0.6) is 11.5 Å². The first kappa shape index (κ1) is 18.9. The number of carbonyl (C=O) groups excluding carboxylic acids is 1. The zero-order valence-electron chi connectivity index (χ0n) is 15.8. The number of fused-ring (bicyclic) bond motifs is 1. The highest BCUT2D eigenvalue weighted by atomic mass is 32.1. The van der Waals surface area contributed by atoms with Gasteiger partial charge in [0, 0.05) is 12.3 Å². The molecule has 0 aliphatic rings. The minimum atomic E-state index is -0.189. The molecule has 0 radical (unpaired) electrons. The summed E-state index contributed by atoms with van der Waals surface area (Å²) in [6.07, 6.45) is 1.71. The van der Waals surface area contributed by atoms with Gasteiger partial charge in [-0.1, -0.05) is 35.6 Å². The van der Waals surface area contributed by atoms with Crippen LogP contribution in [0.1, 0.15) is 5.69 Å². The van der Waals surface area contributed by atoms with E-state index >= 15 is 0 Å². The molecule has 0 spiro atoms. The number of ether oxygens (including phenoxy) is 2. The van der Waals surface area contributed by atoms with Gasteiger partial charge in [0.25, 0.3) is 5.91 Å². The van der Waals surface area contributed by atoms with Crippen molar-refractivity contribution in [1.29, 1.82) is 0 Å². The fraction of sp³-hybridized carbons (Fsp3) is 0.136. The molecule has 7 heteroatoms. The van der Waals surface area contributed by atoms with Gasteiger partial charge in [0.1, 0.15) is 11.5 Å². The number of para-hydroxylation sites is 1. The van der Waals surface area contributed by atoms with E-state index in [1.165, 1.54) is 11.3 Å². The number of hydrogen-bond donors (Lipinski definition) is 0. The van der Waals surface area contributed by atoms with Crippen LogP contribution in [-0.2, 0) is 11.3 Å². The Kier molecular flexibility index (Phi) is 5.67. The molecular weight excluding hydrogens is 386 g/mol. The molecule has 0 unspecified atom stereocenters. The van der Waals surface area contributed by atoms with Crippen LogP contribution in [-0.4, -0.2) is 29.6 Å². The molecule has 2 aromatic carbocycles. The van der Waals surface area contributed by atoms with Crippen molar-refractivity contribution in [1.82, 2.24) is 9.97 Å². The number of anilines is 1. The third kappa shape index (κ3) is 4.52. The lowest BCUT2D eigenvalue weighted by Crippen LogP contribution is -2.34. The van der Waals surface area contributed by atoms with Crippen molar-refractivity contribution in [3.05, 3.63) is 78.6 Å². The maximum absolute atomic E-state index is 13.0. The second kappa shape index (κ2) is 8.70. The predicted molar refractivity (Wildman–Crippen MR) is 114 cm³/mol. The maximum Gasteiger partial charge on any atom is 0.267 e. The predicted octanol–water partition coefficient (Wildman–Crippen LogP) is 4.31. The topological polar surface area (TPSA) is 64.5 Å². The molecular formula is C22H19N3O3S. The summed E-state index contributed by atoms with van der Waals surface area (Å²) in [6.45, 7) is 0.227. The number of benzene rings is 2. The van der Waals surface area contributed by atoms with Gasteiger partial charge in [-0.2, -0.15) is 0 Å². The smallest absolute Gasteiger partial charge is 0.267 e. The summed E-state index contributed by atoms with van der Waals surface area (Å²) < 4.78 is 11.9. The summed E-state index contributed by atoms with van der Waals surface area (Å²) in [5, 5.41) is 0.598. The minimum absolute atomic E-state index is 0.0872. The molecule has 29 heavy (non-hydrogen) atoms. The lowest BCUT2D eigenvalue weighted by molar-refractivity contribution is -0.120. The van der Waals surface area contributed by atoms with E-state index in [-0.39, 0.29) is 12.5 Å². The van der Waals surface area contributed by atoms with Crippen molar-refractivity contribution in [3.63, 3.8) is 0 Å². The SMILES string of the molecule is COc1ccc2sc(N(Cc3ccccn3)C(=O)COc3ccccc3)nc2c1. The highest BCUT2D eigenvalue weighted by Gasteiger charge is 2.21. The van der Waals surface area contributed by atoms with Crippen molar-refractivity contribution in [3.8, 4) is 11.5 Å². The zero-order chi connectivity index (χ0) is 20.1. The number of methoxy groups -OCH3 is 1. The van der Waals surface area contributed by atoms with Gasteiger partial charge < -0.3 is 9.47 Å². The maximum atomic E-state index is 13.0. The van der Waals surface area contributed by atoms with Gasteiger partial charge in [0.15, 0.2) is 11.7 Å². The van der Waals surface area contributed by atoms with E-state index < -0.39 is 0 Å². The van der Waals surface area contributed by atoms with Crippen LogP contribution in [0.2, 0.25) is 0 Å². The van der Waals surface area contributed by atoms with Crippen molar-refractivity contribution in [2.24, 2.45) is 0 Å². The summed E-state index contributed by atoms with van der Waals surface area (Å²) in [5.41, 5.74) is 1.56. The normalized spacial score (nSPS) is 10.7. The number of carbonyl (C=O) groups is 1. The summed E-state index contributed by atoms with van der Waals surface area (Å²) in [4.78, 5) is 23.7. The van der Waals surface area contributed by atoms with Gasteiger partial charge in [-0.3, -0.25) is 14.7 Å². The summed E-state index contributed by atoms with van der Waals surface area (Å²) >= 11 is 1.45. The standard InChI is InChI=1S/C22H19N3O3S/c1-27-18-10-11-20-19(13-18)24-22(29-20)25(14-16-7-5-6-12-23-16)21(26)15-28-17-8-3-2-4-9-17/h2-13H,14-15H2,1H3. The Labute approximate surface area is 172 Å². The molecule has 0 N–H and O–H groups in total. The largest absolute Gasteiger partial charge is 0.497 e. The summed E-state index contributed by atoms with van der Waals surface area (Å²) in [5.74, 6) is 1.18. The van der Waals surface area contributed by atoms with Gasteiger partial charge >= 0.3 is 0 Å². The minimum Gasteiger partial charge on any atom is -0.497 e. The van der Waals surface area contributed by atoms with Crippen LogP contribution in [0.15, 0.2) is 72.9 Å². The number of amides is 1. The van der Waals surface area contributed by atoms with Gasteiger partial charge in [-0.25, -0.2) is 4.98 Å². The van der Waals surface area contributed by atoms with Gasteiger partial charge in [0.05, 0.1) is 29.6 Å². The molecule has 2 heterocycles. The number of hydrogen-bond acceptors (Lipinski definition) is 6. The van der Waals surface area contributed by atoms with E-state index in [1.807, 2.05) is 66.7 Å². The average Bonchev–Trinajstić information content (AvgIpc) is 3.20. The van der Waals surface area contributed by atoms with Crippen molar-refractivity contribution in [2.45, 2.75) is 6.54 Å². The number of thiazole rings is 1. The monoisotopic (exact) mass is 405 g/mol. The number of rotatable bonds is 7. The molecule has 0 saturated heterocycles. The molecule has 0 saturated carbocycles. The third-order valence-electron chi connectivity index (χ3n) is 4.27. The van der Waals surface area contributed by atoms with Crippen molar-refractivity contribution >= 4 is 32.6 Å². The van der Waals surface area contributed by atoms with E-state index in [9.17, 15) is 4.79 Å². The van der Waals surface area contributed by atoms with Crippen LogP contribution in [0, 0.1) is 0 Å². The Bertz CT molecular complexity index is 1100. The summed E-state index contributed by atoms with van der Waals surface area (Å²) in [6, 6.07) is 20.6. The fourth-order valence-corrected chi connectivity index (χ4v) is 3.76. The molecule has 0 aliphatic carbocycles. The molecule has 4 aromatic rings. The number of pyridine rings is 1. The highest BCUT2D eigenvalue weighted by Crippen LogP contribution is 2.32. The van der Waals surface area contributed by atoms with E-state index in [0.29, 0.717) is 17.4 Å². The Morgan fingerprint density at radius 2 is 1.86 bits per heavy atom. The molecule has 0 bridgehead atoms. The lowest BCUT2D eigenvalue weighted by atomic mass is 10.3. The van der Waals surface area contributed by atoms with Crippen molar-refractivity contribution < 1.29 is 14.3 Å². The fourth-order valence-electron chi connectivity index (χ4n) is 2.79. The molecule has 0 atom stereocenters. The number of nitrogens with zero attached hydrogens (tertiary/aromatic N) is 3. The Morgan fingerprint density at radius 3 is 2.62 bits per heavy atom. The first-order valence-corrected chi connectivity index (χ1v) is 9.87. The van der Waals surface area contributed by atoms with E-state index in [1.54, 1.807) is 18.2 Å². The Balaban J connectivity index is 1.61. The second-order valence-corrected chi connectivity index (χ2v) is 7.24. The molecule has 1 amide bonds. The van der Waals surface area contributed by atoms with Gasteiger partial charge in [-0.05, 0) is 36.4 Å². The van der Waals surface area contributed by atoms with Crippen LogP contribution in [0.3, 0.4) is 0 Å². The Morgan fingerprint density at radius 1 is 1.03 bits per heavy atom. The number of aromatic nitrogens is 2. The quantitative estimate of drug-likeness (QED) is 0.458. The second-order valence-electron chi connectivity index (χ2n) is 6.23. The zero-order valence-corrected chi connectivity index (χ0v) is 16.6. The summed E-state index contributed by atoms with van der Waals surface area (Å²) in [7, 11) is 1.62. The molecule has 0 fully saturated rings. The van der Waals surface area contributed by atoms with Gasteiger partial charge in [-0.15, -0.1) is 0 Å². The van der Waals surface area contributed by atoms with Crippen LogP contribution >= 0.6 is 11.3 Å². The highest BCUT2D eigenvalue weighted by molar-refractivity contribution is 7.22. The lowest BCUT2D eigenvalue weighted by Gasteiger charge is -2.19. The molecule has 2 aromatic heterocycles. The van der Waals surface area contributed by atoms with Crippen LogP contribution in [0.4, 0.5) is 5.13 Å².